The van der Waals surface area contributed by atoms with Gasteiger partial charge in [-0.25, -0.2) is 0 Å². The summed E-state index contributed by atoms with van der Waals surface area (Å²) in [4.78, 5) is 0. The Morgan fingerprint density at radius 2 is 1.71 bits per heavy atom. The summed E-state index contributed by atoms with van der Waals surface area (Å²) in [5.74, 6) is 0. The van der Waals surface area contributed by atoms with Crippen LogP contribution in [0.15, 0.2) is 48.0 Å². The monoisotopic (exact) mass is 393 g/mol. The number of benzene rings is 2. The fraction of sp³-hybridized carbons (Fsp3) is 0.222. The van der Waals surface area contributed by atoms with Crippen molar-refractivity contribution in [2.24, 2.45) is 0 Å². The van der Waals surface area contributed by atoms with E-state index in [9.17, 15) is 0 Å². The van der Waals surface area contributed by atoms with Crippen LogP contribution in [-0.2, 0) is 19.4 Å². The first-order valence-corrected chi connectivity index (χ1v) is 15.0. The average molecular weight is 395 g/mol. The van der Waals surface area contributed by atoms with Crippen molar-refractivity contribution in [3.05, 3.63) is 64.7 Å². The molecule has 0 N–H and O–H groups in total. The van der Waals surface area contributed by atoms with Crippen molar-refractivity contribution < 1.29 is 19.4 Å². The van der Waals surface area contributed by atoms with Gasteiger partial charge in [-0.2, -0.15) is 0 Å². The fourth-order valence-electron chi connectivity index (χ4n) is 3.14. The van der Waals surface area contributed by atoms with Crippen LogP contribution in [0.5, 0.6) is 0 Å². The number of hydrogen-bond donors (Lipinski definition) is 0. The van der Waals surface area contributed by atoms with Crippen LogP contribution < -0.4 is 0 Å². The zero-order valence-electron chi connectivity index (χ0n) is 12.2. The first kappa shape index (κ1) is 15.5. The van der Waals surface area contributed by atoms with Gasteiger partial charge in [0.1, 0.15) is 0 Å². The van der Waals surface area contributed by atoms with Crippen LogP contribution in [0, 0.1) is 6.92 Å². The molecule has 0 radical (unpaired) electrons. The van der Waals surface area contributed by atoms with Gasteiger partial charge < -0.3 is 0 Å². The SMILES string of the molecule is CCC1=Cc2c(-c3ccccc3C)cccc2[CH]1[Zr]([Cl])[Cl]. The van der Waals surface area contributed by atoms with E-state index >= 15 is 0 Å². The van der Waals surface area contributed by atoms with Crippen molar-refractivity contribution in [2.45, 2.75) is 23.9 Å². The Hall–Kier alpha value is -0.357. The Labute approximate surface area is 141 Å². The van der Waals surface area contributed by atoms with Crippen LogP contribution >= 0.6 is 17.0 Å². The molecule has 3 heteroatoms. The van der Waals surface area contributed by atoms with Crippen LogP contribution in [0.4, 0.5) is 0 Å². The second kappa shape index (κ2) is 6.41. The molecular formula is C18H17Cl2Zr. The quantitative estimate of drug-likeness (QED) is 0.561. The standard InChI is InChI=1S/C18H17.2ClH.Zr/c1-3-14-11-15-8-6-10-17(18(15)12-14)16-9-5-4-7-13(16)2;;;/h4-12H,3H2,1-2H3;2*1H;/q;;;+2/p-2. The van der Waals surface area contributed by atoms with Gasteiger partial charge in [0.25, 0.3) is 0 Å². The van der Waals surface area contributed by atoms with Crippen LogP contribution in [0.25, 0.3) is 17.2 Å². The molecule has 0 bridgehead atoms. The van der Waals surface area contributed by atoms with Gasteiger partial charge in [0.15, 0.2) is 0 Å². The molecule has 2 aromatic rings. The molecule has 1 aliphatic rings. The molecule has 0 spiro atoms. The van der Waals surface area contributed by atoms with Gasteiger partial charge in [-0.15, -0.1) is 0 Å². The first-order chi connectivity index (χ1) is 10.1. The Balaban J connectivity index is 2.20. The zero-order chi connectivity index (χ0) is 15.0. The van der Waals surface area contributed by atoms with E-state index in [2.05, 4.69) is 62.4 Å². The summed E-state index contributed by atoms with van der Waals surface area (Å²) in [6.45, 7) is 4.36. The molecule has 1 aliphatic carbocycles. The molecule has 3 rings (SSSR count). The molecule has 0 aromatic heterocycles. The second-order valence-corrected chi connectivity index (χ2v) is 14.2. The van der Waals surface area contributed by atoms with E-state index in [-0.39, 0.29) is 0 Å². The van der Waals surface area contributed by atoms with Gasteiger partial charge >= 0.3 is 142 Å². The molecule has 107 valence electrons. The average Bonchev–Trinajstić information content (AvgIpc) is 2.86. The fourth-order valence-corrected chi connectivity index (χ4v) is 8.78. The van der Waals surface area contributed by atoms with Crippen molar-refractivity contribution in [3.8, 4) is 11.1 Å². The Morgan fingerprint density at radius 1 is 1.00 bits per heavy atom. The zero-order valence-corrected chi connectivity index (χ0v) is 16.1. The first-order valence-electron chi connectivity index (χ1n) is 7.20. The minimum atomic E-state index is -2.36. The molecule has 21 heavy (non-hydrogen) atoms. The van der Waals surface area contributed by atoms with E-state index in [1.807, 2.05) is 0 Å². The third kappa shape index (κ3) is 2.81. The minimum absolute atomic E-state index is 0.319. The van der Waals surface area contributed by atoms with Crippen LogP contribution in [-0.4, -0.2) is 0 Å². The number of halogens is 2. The second-order valence-electron chi connectivity index (χ2n) is 5.42. The summed E-state index contributed by atoms with van der Waals surface area (Å²) >= 11 is -2.36. The van der Waals surface area contributed by atoms with Gasteiger partial charge in [0.2, 0.25) is 0 Å². The van der Waals surface area contributed by atoms with Crippen LogP contribution in [0.1, 0.15) is 33.7 Å². The van der Waals surface area contributed by atoms with E-state index in [1.54, 1.807) is 0 Å². The molecular weight excluding hydrogens is 378 g/mol. The van der Waals surface area contributed by atoms with Gasteiger partial charge in [-0.05, 0) is 0 Å². The molecule has 1 atom stereocenters. The molecule has 0 aliphatic heterocycles. The van der Waals surface area contributed by atoms with E-state index in [0.29, 0.717) is 3.63 Å². The van der Waals surface area contributed by atoms with E-state index < -0.39 is 19.4 Å². The summed E-state index contributed by atoms with van der Waals surface area (Å²) in [5.41, 5.74) is 7.98. The van der Waals surface area contributed by atoms with Crippen molar-refractivity contribution in [2.75, 3.05) is 0 Å². The molecule has 1 unspecified atom stereocenters. The number of rotatable bonds is 3. The summed E-state index contributed by atoms with van der Waals surface area (Å²) in [6.07, 6.45) is 3.35. The number of fused-ring (bicyclic) bond motifs is 1. The molecule has 0 saturated carbocycles. The Kier molecular flexibility index (Phi) is 4.74. The van der Waals surface area contributed by atoms with Gasteiger partial charge in [0, 0.05) is 0 Å². The number of aryl methyl sites for hydroxylation is 1. The van der Waals surface area contributed by atoms with Gasteiger partial charge in [0.05, 0.1) is 0 Å². The van der Waals surface area contributed by atoms with Gasteiger partial charge in [-0.3, -0.25) is 0 Å². The Bertz CT molecular complexity index is 704. The molecule has 0 heterocycles. The topological polar surface area (TPSA) is 0 Å². The summed E-state index contributed by atoms with van der Waals surface area (Å²) in [7, 11) is 12.9. The van der Waals surface area contributed by atoms with Crippen LogP contribution in [0.2, 0.25) is 0 Å². The third-order valence-corrected chi connectivity index (χ3v) is 9.54. The maximum absolute atomic E-state index is 6.44. The predicted octanol–water partition coefficient (Wildman–Crippen LogP) is 6.44. The van der Waals surface area contributed by atoms with Crippen molar-refractivity contribution in [1.29, 1.82) is 0 Å². The normalized spacial score (nSPS) is 16.6. The van der Waals surface area contributed by atoms with Crippen molar-refractivity contribution in [1.82, 2.24) is 0 Å². The molecule has 0 nitrogen and oxygen atoms in total. The summed E-state index contributed by atoms with van der Waals surface area (Å²) in [5, 5.41) is 0. The van der Waals surface area contributed by atoms with E-state index in [4.69, 9.17) is 17.0 Å². The van der Waals surface area contributed by atoms with Crippen molar-refractivity contribution in [3.63, 3.8) is 0 Å². The Morgan fingerprint density at radius 3 is 2.38 bits per heavy atom. The van der Waals surface area contributed by atoms with E-state index in [1.165, 1.54) is 33.4 Å². The maximum atomic E-state index is 6.44. The molecule has 0 saturated heterocycles. The number of hydrogen-bond acceptors (Lipinski definition) is 0. The van der Waals surface area contributed by atoms with Crippen molar-refractivity contribution >= 4 is 23.1 Å². The predicted molar refractivity (Wildman–Crippen MR) is 89.3 cm³/mol. The number of allylic oxidation sites excluding steroid dienone is 1. The molecule has 0 amide bonds. The third-order valence-electron chi connectivity index (χ3n) is 4.21. The summed E-state index contributed by atoms with van der Waals surface area (Å²) < 4.78 is 0.319. The van der Waals surface area contributed by atoms with E-state index in [0.717, 1.165) is 6.42 Å². The van der Waals surface area contributed by atoms with Gasteiger partial charge in [-0.1, -0.05) is 0 Å². The molecule has 2 aromatic carbocycles. The van der Waals surface area contributed by atoms with Crippen LogP contribution in [0.3, 0.4) is 0 Å². The summed E-state index contributed by atoms with van der Waals surface area (Å²) in [6, 6.07) is 15.1. The molecule has 0 fully saturated rings.